The van der Waals surface area contributed by atoms with Gasteiger partial charge in [0.25, 0.3) is 0 Å². The molecular weight excluding hydrogens is 1160 g/mol. The summed E-state index contributed by atoms with van der Waals surface area (Å²) in [6.45, 7) is 13.5. The normalized spacial score (nSPS) is 14.2. The molecule has 0 bridgehead atoms. The van der Waals surface area contributed by atoms with Gasteiger partial charge in [-0.2, -0.15) is 0 Å². The SMILES string of the molecule is [2H]c1c([2H])c([2H])c(-c2ccc3c(c2)c2cc(-n4c5c([2H])c([2H])c([2H])c([2H])c5c5c([2H])c([2H])c([2H])c([2H])c54)ccc2n3-c2cc(N(c3ccc(-c4ccccc4)cc3)c3cccc(-c4cc(C(C)(C)C)cc(C(C)(C)C)c4)c3)c3c4cccc5c6ccccc6c6ccccc6c6ccccc6n(c3c2)c54)c([2H])c1[2H]. The Bertz CT molecular complexity index is 6900. The third kappa shape index (κ3) is 9.18. The second kappa shape index (κ2) is 21.9. The van der Waals surface area contributed by atoms with E-state index in [4.69, 9.17) is 9.60 Å². The Morgan fingerprint density at radius 1 is 0.281 bits per heavy atom. The van der Waals surface area contributed by atoms with Crippen LogP contribution in [0.1, 0.15) is 70.5 Å². The number of hydrogen-bond donors (Lipinski definition) is 0. The fourth-order valence-corrected chi connectivity index (χ4v) is 14.7. The van der Waals surface area contributed by atoms with E-state index in [9.17, 15) is 8.22 Å². The summed E-state index contributed by atoms with van der Waals surface area (Å²) < 4.78 is 125. The number of anilines is 3. The lowest BCUT2D eigenvalue weighted by Crippen LogP contribution is -2.16. The molecular formula is C92H70N4. The van der Waals surface area contributed by atoms with Gasteiger partial charge in [0.1, 0.15) is 0 Å². The van der Waals surface area contributed by atoms with E-state index in [0.29, 0.717) is 38.7 Å². The Balaban J connectivity index is 1.03. The lowest BCUT2D eigenvalue weighted by atomic mass is 9.79. The lowest BCUT2D eigenvalue weighted by molar-refractivity contribution is 0.569. The smallest absolute Gasteiger partial charge is 0.0645 e. The third-order valence-corrected chi connectivity index (χ3v) is 19.4. The zero-order valence-electron chi connectivity index (χ0n) is 66.8. The molecule has 0 aliphatic heterocycles. The lowest BCUT2D eigenvalue weighted by Gasteiger charge is -2.29. The maximum absolute atomic E-state index is 9.56. The van der Waals surface area contributed by atoms with Crippen molar-refractivity contribution in [2.24, 2.45) is 0 Å². The molecule has 96 heavy (non-hydrogen) atoms. The summed E-state index contributed by atoms with van der Waals surface area (Å²) in [5.74, 6) is 0. The fourth-order valence-electron chi connectivity index (χ4n) is 14.7. The first-order valence-corrected chi connectivity index (χ1v) is 32.6. The van der Waals surface area contributed by atoms with Gasteiger partial charge in [-0.25, -0.2) is 0 Å². The van der Waals surface area contributed by atoms with Crippen LogP contribution in [0.2, 0.25) is 0 Å². The highest BCUT2D eigenvalue weighted by atomic mass is 15.2. The summed E-state index contributed by atoms with van der Waals surface area (Å²) in [7, 11) is 0. The average molecular weight is 1240 g/mol. The molecule has 0 unspecified atom stereocenters. The molecule has 0 saturated carbocycles. The minimum atomic E-state index is -0.559. The molecule has 0 radical (unpaired) electrons. The highest BCUT2D eigenvalue weighted by molar-refractivity contribution is 6.28. The number of fused-ring (bicyclic) bond motifs is 16. The summed E-state index contributed by atoms with van der Waals surface area (Å²) in [5, 5.41) is 9.19. The van der Waals surface area contributed by atoms with Crippen LogP contribution in [-0.4, -0.2) is 13.5 Å². The van der Waals surface area contributed by atoms with Gasteiger partial charge in [0.05, 0.1) is 67.8 Å². The van der Waals surface area contributed by atoms with Crippen LogP contribution in [0.4, 0.5) is 17.1 Å². The molecule has 0 N–H and O–H groups in total. The molecule has 0 aliphatic carbocycles. The van der Waals surface area contributed by atoms with Crippen LogP contribution in [0.15, 0.2) is 315 Å². The van der Waals surface area contributed by atoms with Crippen LogP contribution in [0, 0.1) is 0 Å². The van der Waals surface area contributed by atoms with Crippen LogP contribution in [0.3, 0.4) is 0 Å². The van der Waals surface area contributed by atoms with Crippen LogP contribution < -0.4 is 4.90 Å². The zero-order valence-corrected chi connectivity index (χ0v) is 53.8. The molecule has 18 aromatic rings. The maximum Gasteiger partial charge on any atom is 0.0645 e. The molecule has 0 atom stereocenters. The summed E-state index contributed by atoms with van der Waals surface area (Å²) in [5.41, 5.74) is 14.1. The first-order chi connectivity index (χ1) is 52.3. The summed E-state index contributed by atoms with van der Waals surface area (Å²) in [4.78, 5) is 2.37. The molecule has 14 aromatic carbocycles. The van der Waals surface area contributed by atoms with E-state index in [0.717, 1.165) is 99.0 Å². The average Bonchev–Trinajstić information content (AvgIpc) is 1.55. The van der Waals surface area contributed by atoms with Gasteiger partial charge >= 0.3 is 0 Å². The van der Waals surface area contributed by atoms with Crippen molar-refractivity contribution in [3.63, 3.8) is 0 Å². The van der Waals surface area contributed by atoms with Gasteiger partial charge in [0, 0.05) is 60.2 Å². The predicted octanol–water partition coefficient (Wildman–Crippen LogP) is 25.5. The first kappa shape index (κ1) is 44.8. The number of para-hydroxylation sites is 4. The van der Waals surface area contributed by atoms with Gasteiger partial charge in [-0.05, 0) is 162 Å². The monoisotopic (exact) mass is 1240 g/mol. The highest BCUT2D eigenvalue weighted by Crippen LogP contribution is 2.50. The Hall–Kier alpha value is -11.7. The van der Waals surface area contributed by atoms with Crippen molar-refractivity contribution in [1.82, 2.24) is 13.5 Å². The molecule has 4 heteroatoms. The van der Waals surface area contributed by atoms with Crippen molar-refractivity contribution in [3.8, 4) is 44.8 Å². The van der Waals surface area contributed by atoms with Gasteiger partial charge in [-0.1, -0.05) is 272 Å². The summed E-state index contributed by atoms with van der Waals surface area (Å²) >= 11 is 0. The Morgan fingerprint density at radius 2 is 0.792 bits per heavy atom. The molecule has 0 spiro atoms. The van der Waals surface area contributed by atoms with Crippen molar-refractivity contribution < 1.29 is 17.8 Å². The Labute approximate surface area is 577 Å². The van der Waals surface area contributed by atoms with Crippen LogP contribution in [0.25, 0.3) is 148 Å². The standard InChI is InChI=1S/C92H70N4/c1-91(2,3)65-51-64(52-66(55-65)92(4,5)6)62-29-23-30-68(53-62)93(67-46-43-61(44-47-67)59-25-9-7-10-26-59)87-57-70(58-88-89(87)79-39-24-38-78-74-34-16-14-32-72(74)71-31-13-15-33-73(71)75-35-17-22-42-84(75)96(88)90(78)79)95-85-49-45-63(60-27-11-8-12-28-60)54-80(85)81-56-69(48-50-86(81)95)94-82-40-20-18-36-76(82)77-37-19-21-41-83(77)94/h7-58H,1-6H3/i8D,11D,12D,18D,19D,20D,21D,27D,28D,36D,37D,40D,41D. The van der Waals surface area contributed by atoms with E-state index in [1.54, 1.807) is 12.1 Å². The molecule has 458 valence electrons. The largest absolute Gasteiger partial charge is 0.310 e. The highest BCUT2D eigenvalue weighted by Gasteiger charge is 2.28. The molecule has 4 aromatic heterocycles. The van der Waals surface area contributed by atoms with Crippen LogP contribution in [-0.2, 0) is 10.8 Å². The molecule has 4 heterocycles. The van der Waals surface area contributed by atoms with Crippen molar-refractivity contribution in [3.05, 3.63) is 326 Å². The predicted molar refractivity (Wildman–Crippen MR) is 411 cm³/mol. The molecule has 4 nitrogen and oxygen atoms in total. The number of rotatable bonds is 8. The number of benzene rings is 14. The number of nitrogens with zero attached hydrogens (tertiary/aromatic N) is 4. The van der Waals surface area contributed by atoms with Crippen LogP contribution >= 0.6 is 0 Å². The molecule has 0 amide bonds. The third-order valence-electron chi connectivity index (χ3n) is 19.4. The van der Waals surface area contributed by atoms with Crippen molar-refractivity contribution in [1.29, 1.82) is 0 Å². The van der Waals surface area contributed by atoms with E-state index < -0.39 is 78.6 Å². The van der Waals surface area contributed by atoms with Crippen molar-refractivity contribution >= 4 is 120 Å². The second-order valence-electron chi connectivity index (χ2n) is 27.2. The summed E-state index contributed by atoms with van der Waals surface area (Å²) in [6, 6.07) is 76.5. The molecule has 0 fully saturated rings. The zero-order chi connectivity index (χ0) is 75.9. The summed E-state index contributed by atoms with van der Waals surface area (Å²) in [6.07, 6.45) is 0. The van der Waals surface area contributed by atoms with Crippen molar-refractivity contribution in [2.75, 3.05) is 4.90 Å². The van der Waals surface area contributed by atoms with Gasteiger partial charge in [0.15, 0.2) is 0 Å². The Kier molecular flexibility index (Phi) is 10.2. The van der Waals surface area contributed by atoms with E-state index in [1.165, 1.54) is 15.7 Å². The van der Waals surface area contributed by atoms with E-state index in [2.05, 4.69) is 237 Å². The van der Waals surface area contributed by atoms with Gasteiger partial charge < -0.3 is 18.4 Å². The maximum atomic E-state index is 9.56. The second-order valence-corrected chi connectivity index (χ2v) is 27.2. The minimum Gasteiger partial charge on any atom is -0.310 e. The fraction of sp³-hybridized carbons (Fsp3) is 0.0870. The quantitative estimate of drug-likeness (QED) is 0.148. The van der Waals surface area contributed by atoms with E-state index in [1.807, 2.05) is 42.5 Å². The van der Waals surface area contributed by atoms with Crippen molar-refractivity contribution in [2.45, 2.75) is 52.4 Å². The van der Waals surface area contributed by atoms with Gasteiger partial charge in [0.2, 0.25) is 0 Å². The molecule has 18 rings (SSSR count). The number of hydrogen-bond acceptors (Lipinski definition) is 1. The Morgan fingerprint density at radius 3 is 1.47 bits per heavy atom. The topological polar surface area (TPSA) is 17.5 Å². The van der Waals surface area contributed by atoms with E-state index >= 15 is 0 Å². The van der Waals surface area contributed by atoms with E-state index in [-0.39, 0.29) is 38.2 Å². The molecule has 0 aliphatic rings. The van der Waals surface area contributed by atoms with Crippen LogP contribution in [0.5, 0.6) is 0 Å². The van der Waals surface area contributed by atoms with Gasteiger partial charge in [-0.3, -0.25) is 0 Å². The number of aromatic nitrogens is 3. The minimum absolute atomic E-state index is 0.0153. The molecule has 0 saturated heterocycles. The first-order valence-electron chi connectivity index (χ1n) is 39.1. The van der Waals surface area contributed by atoms with Gasteiger partial charge in [-0.15, -0.1) is 0 Å².